The van der Waals surface area contributed by atoms with E-state index in [1.54, 1.807) is 0 Å². The maximum atomic E-state index is 12.2. The lowest BCUT2D eigenvalue weighted by atomic mass is 9.87. The summed E-state index contributed by atoms with van der Waals surface area (Å²) in [6.07, 6.45) is 1.99. The van der Waals surface area contributed by atoms with Gasteiger partial charge >= 0.3 is 0 Å². The Morgan fingerprint density at radius 3 is 1.95 bits per heavy atom. The molecule has 0 aromatic rings. The molecule has 2 fully saturated rings. The topological polar surface area (TPSA) is 58.2 Å². The van der Waals surface area contributed by atoms with Crippen molar-refractivity contribution in [2.75, 3.05) is 6.54 Å². The van der Waals surface area contributed by atoms with Crippen LogP contribution >= 0.6 is 0 Å². The van der Waals surface area contributed by atoms with E-state index in [0.29, 0.717) is 18.4 Å². The van der Waals surface area contributed by atoms with Crippen molar-refractivity contribution in [2.24, 2.45) is 29.6 Å². The fraction of sp³-hybridized carbons (Fsp3) is 0.875. The lowest BCUT2D eigenvalue weighted by Crippen LogP contribution is -2.57. The van der Waals surface area contributed by atoms with E-state index in [1.807, 2.05) is 6.92 Å². The molecule has 0 bridgehead atoms. The zero-order chi connectivity index (χ0) is 15.1. The van der Waals surface area contributed by atoms with Crippen LogP contribution < -0.4 is 10.6 Å². The van der Waals surface area contributed by atoms with Crippen molar-refractivity contribution in [3.63, 3.8) is 0 Å². The molecule has 0 radical (unpaired) electrons. The van der Waals surface area contributed by atoms with Crippen LogP contribution in [0.2, 0.25) is 0 Å². The van der Waals surface area contributed by atoms with Gasteiger partial charge in [0.05, 0.1) is 5.54 Å². The fourth-order valence-electron chi connectivity index (χ4n) is 2.54. The molecule has 2 aliphatic rings. The number of hydrogen-bond acceptors (Lipinski definition) is 2. The molecule has 0 aromatic carbocycles. The molecule has 0 aliphatic heterocycles. The number of carbonyl (C=O) groups excluding carboxylic acids is 2. The molecule has 4 nitrogen and oxygen atoms in total. The monoisotopic (exact) mass is 280 g/mol. The molecular weight excluding hydrogens is 252 g/mol. The van der Waals surface area contributed by atoms with Crippen LogP contribution in [-0.2, 0) is 9.59 Å². The molecule has 0 spiro atoms. The van der Waals surface area contributed by atoms with Crippen LogP contribution in [0.5, 0.6) is 0 Å². The maximum absolute atomic E-state index is 12.2. The molecule has 5 atom stereocenters. The minimum absolute atomic E-state index is 0.137. The van der Waals surface area contributed by atoms with Crippen LogP contribution in [0.15, 0.2) is 0 Å². The fourth-order valence-corrected chi connectivity index (χ4v) is 2.54. The third-order valence-electron chi connectivity index (χ3n) is 5.21. The zero-order valence-electron chi connectivity index (χ0n) is 13.3. The Labute approximate surface area is 122 Å². The summed E-state index contributed by atoms with van der Waals surface area (Å²) >= 11 is 0. The van der Waals surface area contributed by atoms with Crippen LogP contribution in [0.1, 0.15) is 47.5 Å². The van der Waals surface area contributed by atoms with Crippen molar-refractivity contribution in [1.82, 2.24) is 10.6 Å². The van der Waals surface area contributed by atoms with Crippen molar-refractivity contribution >= 4 is 11.8 Å². The van der Waals surface area contributed by atoms with Gasteiger partial charge in [-0.3, -0.25) is 9.59 Å². The molecule has 4 heteroatoms. The van der Waals surface area contributed by atoms with E-state index < -0.39 is 0 Å². The molecule has 2 aliphatic carbocycles. The highest BCUT2D eigenvalue weighted by Crippen LogP contribution is 2.39. The molecule has 2 N–H and O–H groups in total. The molecule has 2 rings (SSSR count). The summed E-state index contributed by atoms with van der Waals surface area (Å²) in [5.41, 5.74) is -0.368. The number of rotatable bonds is 6. The molecular formula is C16H28N2O2. The van der Waals surface area contributed by atoms with Crippen LogP contribution in [0.4, 0.5) is 0 Å². The summed E-state index contributed by atoms with van der Waals surface area (Å²) in [6.45, 7) is 10.9. The highest BCUT2D eigenvalue weighted by Gasteiger charge is 2.43. The highest BCUT2D eigenvalue weighted by atomic mass is 16.2. The summed E-state index contributed by atoms with van der Waals surface area (Å²) in [6, 6.07) is 0. The molecule has 20 heavy (non-hydrogen) atoms. The van der Waals surface area contributed by atoms with E-state index in [-0.39, 0.29) is 35.1 Å². The molecule has 0 saturated heterocycles. The Kier molecular flexibility index (Phi) is 4.12. The standard InChI is InChI=1S/C16H28N2O2/c1-9(2)16(5,18-15(20)13-7-11(13)4)8-17-14(19)12-6-10(12)3/h9-13H,6-8H2,1-5H3,(H,17,19)(H,18,20)/t10-,11-,12+,13+,16+/m1/s1. The first-order chi connectivity index (χ1) is 9.24. The first-order valence-electron chi connectivity index (χ1n) is 7.84. The number of amides is 2. The minimum Gasteiger partial charge on any atom is -0.354 e. The summed E-state index contributed by atoms with van der Waals surface area (Å²) in [5, 5.41) is 6.18. The first kappa shape index (κ1) is 15.3. The average molecular weight is 280 g/mol. The Morgan fingerprint density at radius 2 is 1.55 bits per heavy atom. The summed E-state index contributed by atoms with van der Waals surface area (Å²) in [5.74, 6) is 1.94. The number of hydrogen-bond donors (Lipinski definition) is 2. The second-order valence-electron chi connectivity index (χ2n) is 7.42. The van der Waals surface area contributed by atoms with Gasteiger partial charge < -0.3 is 10.6 Å². The van der Waals surface area contributed by atoms with Gasteiger partial charge in [0.2, 0.25) is 11.8 Å². The largest absolute Gasteiger partial charge is 0.354 e. The predicted octanol–water partition coefficient (Wildman–Crippen LogP) is 1.95. The summed E-state index contributed by atoms with van der Waals surface area (Å²) in [4.78, 5) is 24.1. The van der Waals surface area contributed by atoms with Crippen molar-refractivity contribution in [2.45, 2.75) is 53.0 Å². The van der Waals surface area contributed by atoms with Crippen LogP contribution in [0, 0.1) is 29.6 Å². The van der Waals surface area contributed by atoms with Gasteiger partial charge in [0.1, 0.15) is 0 Å². The van der Waals surface area contributed by atoms with Crippen molar-refractivity contribution in [1.29, 1.82) is 0 Å². The Balaban J connectivity index is 1.87. The Bertz CT molecular complexity index is 407. The normalized spacial score (nSPS) is 34.3. The number of carbonyl (C=O) groups is 2. The highest BCUT2D eigenvalue weighted by molar-refractivity contribution is 5.83. The minimum atomic E-state index is -0.368. The van der Waals surface area contributed by atoms with Crippen LogP contribution in [0.3, 0.4) is 0 Å². The summed E-state index contributed by atoms with van der Waals surface area (Å²) in [7, 11) is 0. The smallest absolute Gasteiger partial charge is 0.223 e. The quantitative estimate of drug-likeness (QED) is 0.781. The Morgan fingerprint density at radius 1 is 1.10 bits per heavy atom. The third kappa shape index (κ3) is 3.33. The third-order valence-corrected chi connectivity index (χ3v) is 5.21. The lowest BCUT2D eigenvalue weighted by molar-refractivity contribution is -0.126. The van der Waals surface area contributed by atoms with Crippen molar-refractivity contribution < 1.29 is 9.59 Å². The zero-order valence-corrected chi connectivity index (χ0v) is 13.3. The van der Waals surface area contributed by atoms with E-state index in [1.165, 1.54) is 0 Å². The second kappa shape index (κ2) is 5.38. The first-order valence-corrected chi connectivity index (χ1v) is 7.84. The Hall–Kier alpha value is -1.06. The van der Waals surface area contributed by atoms with Crippen LogP contribution in [-0.4, -0.2) is 23.9 Å². The molecule has 0 aromatic heterocycles. The molecule has 2 saturated carbocycles. The van der Waals surface area contributed by atoms with Crippen molar-refractivity contribution in [3.8, 4) is 0 Å². The molecule has 0 unspecified atom stereocenters. The van der Waals surface area contributed by atoms with E-state index in [9.17, 15) is 9.59 Å². The maximum Gasteiger partial charge on any atom is 0.223 e. The van der Waals surface area contributed by atoms with E-state index in [4.69, 9.17) is 0 Å². The van der Waals surface area contributed by atoms with Gasteiger partial charge in [-0.05, 0) is 37.5 Å². The van der Waals surface area contributed by atoms with E-state index >= 15 is 0 Å². The summed E-state index contributed by atoms with van der Waals surface area (Å²) < 4.78 is 0. The predicted molar refractivity (Wildman–Crippen MR) is 78.9 cm³/mol. The second-order valence-corrected chi connectivity index (χ2v) is 7.42. The van der Waals surface area contributed by atoms with Gasteiger partial charge in [0.25, 0.3) is 0 Å². The van der Waals surface area contributed by atoms with Crippen molar-refractivity contribution in [3.05, 3.63) is 0 Å². The van der Waals surface area contributed by atoms with Gasteiger partial charge in [-0.15, -0.1) is 0 Å². The molecule has 0 heterocycles. The average Bonchev–Trinajstić information content (AvgIpc) is 3.25. The SMILES string of the molecule is CC(C)[C@](C)(CNC(=O)[C@H]1C[C@H]1C)NC(=O)[C@H]1C[C@H]1C. The van der Waals surface area contributed by atoms with Gasteiger partial charge in [-0.25, -0.2) is 0 Å². The van der Waals surface area contributed by atoms with E-state index in [2.05, 4.69) is 38.3 Å². The van der Waals surface area contributed by atoms with E-state index in [0.717, 1.165) is 12.8 Å². The van der Waals surface area contributed by atoms with Gasteiger partial charge in [0, 0.05) is 18.4 Å². The molecule has 2 amide bonds. The lowest BCUT2D eigenvalue weighted by Gasteiger charge is -2.35. The van der Waals surface area contributed by atoms with Gasteiger partial charge in [-0.2, -0.15) is 0 Å². The molecule has 114 valence electrons. The van der Waals surface area contributed by atoms with Gasteiger partial charge in [0.15, 0.2) is 0 Å². The van der Waals surface area contributed by atoms with Crippen LogP contribution in [0.25, 0.3) is 0 Å². The van der Waals surface area contributed by atoms with Gasteiger partial charge in [-0.1, -0.05) is 27.7 Å². The number of nitrogens with one attached hydrogen (secondary N) is 2.